The van der Waals surface area contributed by atoms with Crippen molar-refractivity contribution in [3.63, 3.8) is 0 Å². The van der Waals surface area contributed by atoms with Gasteiger partial charge in [-0.3, -0.25) is 0 Å². The van der Waals surface area contributed by atoms with Crippen LogP contribution in [0.25, 0.3) is 0 Å². The summed E-state index contributed by atoms with van der Waals surface area (Å²) in [4.78, 5) is 11.8. The summed E-state index contributed by atoms with van der Waals surface area (Å²) in [7, 11) is 0. The molecule has 1 aliphatic carbocycles. The van der Waals surface area contributed by atoms with Gasteiger partial charge >= 0.3 is 0 Å². The summed E-state index contributed by atoms with van der Waals surface area (Å²) in [5.74, 6) is 0.836. The summed E-state index contributed by atoms with van der Waals surface area (Å²) in [5, 5.41) is 6.22. The van der Waals surface area contributed by atoms with Crippen LogP contribution in [0.2, 0.25) is 5.28 Å². The molecule has 2 N–H and O–H groups in total. The molecule has 1 fully saturated rings. The quantitative estimate of drug-likeness (QED) is 0.819. The molecule has 1 heterocycles. The highest BCUT2D eigenvalue weighted by Crippen LogP contribution is 2.47. The normalized spacial score (nSPS) is 26.2. The summed E-state index contributed by atoms with van der Waals surface area (Å²) < 4.78 is 0. The number of halogens is 3. The molecule has 1 aromatic rings. The van der Waals surface area contributed by atoms with Crippen LogP contribution in [0.1, 0.15) is 20.3 Å². The third-order valence-corrected chi connectivity index (χ3v) is 3.89. The van der Waals surface area contributed by atoms with Gasteiger partial charge in [-0.05, 0) is 31.9 Å². The number of aromatic nitrogens is 3. The SMILES string of the molecule is CC(C)Nc1nc(Cl)nc(NCC2(Cl)CC2Cl)n1. The van der Waals surface area contributed by atoms with Crippen LogP contribution in [-0.4, -0.2) is 37.8 Å². The van der Waals surface area contributed by atoms with Crippen LogP contribution in [0.5, 0.6) is 0 Å². The highest BCUT2D eigenvalue weighted by atomic mass is 35.5. The predicted octanol–water partition coefficient (Wildman–Crippen LogP) is 2.75. The summed E-state index contributed by atoms with van der Waals surface area (Å²) in [6.07, 6.45) is 0.777. The third kappa shape index (κ3) is 3.49. The average molecular weight is 311 g/mol. The molecule has 2 rings (SSSR count). The second kappa shape index (κ2) is 5.23. The number of alkyl halides is 2. The lowest BCUT2D eigenvalue weighted by molar-refractivity contribution is 0.859. The van der Waals surface area contributed by atoms with Crippen molar-refractivity contribution in [3.8, 4) is 0 Å². The molecule has 2 atom stereocenters. The zero-order valence-corrected chi connectivity index (χ0v) is 12.3. The van der Waals surface area contributed by atoms with Crippen molar-refractivity contribution in [2.75, 3.05) is 17.2 Å². The van der Waals surface area contributed by atoms with Crippen molar-refractivity contribution in [1.29, 1.82) is 0 Å². The van der Waals surface area contributed by atoms with Crippen LogP contribution in [0, 0.1) is 0 Å². The number of hydrogen-bond donors (Lipinski definition) is 2. The molecule has 1 aromatic heterocycles. The molecule has 8 heteroatoms. The van der Waals surface area contributed by atoms with Crippen molar-refractivity contribution in [1.82, 2.24) is 15.0 Å². The standard InChI is InChI=1S/C10H14Cl3N5/c1-5(2)15-9-17-7(12)16-8(18-9)14-4-10(13)3-6(10)11/h5-6H,3-4H2,1-2H3,(H2,14,15,16,17,18). The van der Waals surface area contributed by atoms with E-state index in [0.717, 1.165) is 6.42 Å². The van der Waals surface area contributed by atoms with Gasteiger partial charge in [0.1, 0.15) is 0 Å². The van der Waals surface area contributed by atoms with Gasteiger partial charge in [-0.2, -0.15) is 15.0 Å². The fourth-order valence-corrected chi connectivity index (χ4v) is 2.21. The Balaban J connectivity index is 2.01. The lowest BCUT2D eigenvalue weighted by Gasteiger charge is -2.11. The number of nitrogens with one attached hydrogen (secondary N) is 2. The van der Waals surface area contributed by atoms with Gasteiger partial charge in [0.15, 0.2) is 0 Å². The molecule has 0 aliphatic heterocycles. The van der Waals surface area contributed by atoms with Gasteiger partial charge in [0, 0.05) is 12.6 Å². The van der Waals surface area contributed by atoms with E-state index in [4.69, 9.17) is 34.8 Å². The molecule has 1 aliphatic rings. The topological polar surface area (TPSA) is 62.7 Å². The van der Waals surface area contributed by atoms with Crippen molar-refractivity contribution in [3.05, 3.63) is 5.28 Å². The molecular formula is C10H14Cl3N5. The van der Waals surface area contributed by atoms with Crippen molar-refractivity contribution in [2.24, 2.45) is 0 Å². The molecule has 0 saturated heterocycles. The van der Waals surface area contributed by atoms with Gasteiger partial charge < -0.3 is 10.6 Å². The molecule has 18 heavy (non-hydrogen) atoms. The minimum Gasteiger partial charge on any atom is -0.352 e. The smallest absolute Gasteiger partial charge is 0.228 e. The summed E-state index contributed by atoms with van der Waals surface area (Å²) in [5.41, 5.74) is 0. The van der Waals surface area contributed by atoms with Gasteiger partial charge in [-0.15, -0.1) is 23.2 Å². The molecule has 100 valence electrons. The van der Waals surface area contributed by atoms with Crippen molar-refractivity contribution < 1.29 is 0 Å². The maximum Gasteiger partial charge on any atom is 0.228 e. The van der Waals surface area contributed by atoms with Crippen LogP contribution >= 0.6 is 34.8 Å². The van der Waals surface area contributed by atoms with Crippen LogP contribution in [0.4, 0.5) is 11.9 Å². The average Bonchev–Trinajstić information content (AvgIpc) is 2.83. The van der Waals surface area contributed by atoms with E-state index in [-0.39, 0.29) is 16.7 Å². The van der Waals surface area contributed by atoms with Crippen LogP contribution in [-0.2, 0) is 0 Å². The lowest BCUT2D eigenvalue weighted by atomic mass is 10.4. The molecule has 0 amide bonds. The molecule has 2 unspecified atom stereocenters. The largest absolute Gasteiger partial charge is 0.352 e. The minimum absolute atomic E-state index is 0.00256. The number of hydrogen-bond acceptors (Lipinski definition) is 5. The van der Waals surface area contributed by atoms with E-state index in [1.165, 1.54) is 0 Å². The first-order valence-corrected chi connectivity index (χ1v) is 6.83. The van der Waals surface area contributed by atoms with Gasteiger partial charge in [-0.25, -0.2) is 0 Å². The summed E-state index contributed by atoms with van der Waals surface area (Å²) in [6.45, 7) is 4.48. The van der Waals surface area contributed by atoms with E-state index >= 15 is 0 Å². The van der Waals surface area contributed by atoms with E-state index < -0.39 is 4.87 Å². The van der Waals surface area contributed by atoms with Gasteiger partial charge in [-0.1, -0.05) is 0 Å². The maximum absolute atomic E-state index is 6.19. The van der Waals surface area contributed by atoms with Crippen molar-refractivity contribution in [2.45, 2.75) is 36.6 Å². The molecule has 1 saturated carbocycles. The molecule has 0 spiro atoms. The minimum atomic E-state index is -0.397. The van der Waals surface area contributed by atoms with Crippen molar-refractivity contribution >= 4 is 46.7 Å². The molecular weight excluding hydrogens is 297 g/mol. The molecule has 0 bridgehead atoms. The third-order valence-electron chi connectivity index (χ3n) is 2.49. The molecule has 0 radical (unpaired) electrons. The van der Waals surface area contributed by atoms with E-state index in [1.807, 2.05) is 13.8 Å². The summed E-state index contributed by atoms with van der Waals surface area (Å²) in [6, 6.07) is 0.214. The van der Waals surface area contributed by atoms with Gasteiger partial charge in [0.05, 0.1) is 10.3 Å². The molecule has 5 nitrogen and oxygen atoms in total. The first kappa shape index (κ1) is 13.9. The van der Waals surface area contributed by atoms with E-state index in [2.05, 4.69) is 25.6 Å². The maximum atomic E-state index is 6.19. The summed E-state index contributed by atoms with van der Waals surface area (Å²) >= 11 is 17.9. The Kier molecular flexibility index (Phi) is 4.04. The zero-order valence-electron chi connectivity index (χ0n) is 10.0. The Labute approximate surface area is 121 Å². The van der Waals surface area contributed by atoms with Gasteiger partial charge in [0.25, 0.3) is 0 Å². The first-order chi connectivity index (χ1) is 8.39. The van der Waals surface area contributed by atoms with Crippen LogP contribution in [0.3, 0.4) is 0 Å². The van der Waals surface area contributed by atoms with E-state index in [9.17, 15) is 0 Å². The second-order valence-corrected chi connectivity index (χ2v) is 6.23. The Morgan fingerprint density at radius 3 is 2.50 bits per heavy atom. The second-order valence-electron chi connectivity index (χ2n) is 4.61. The van der Waals surface area contributed by atoms with E-state index in [0.29, 0.717) is 18.4 Å². The van der Waals surface area contributed by atoms with Gasteiger partial charge in [0.2, 0.25) is 17.2 Å². The highest BCUT2D eigenvalue weighted by molar-refractivity contribution is 6.37. The Bertz CT molecular complexity index is 442. The predicted molar refractivity (Wildman–Crippen MR) is 74.9 cm³/mol. The Morgan fingerprint density at radius 2 is 1.94 bits per heavy atom. The van der Waals surface area contributed by atoms with E-state index in [1.54, 1.807) is 0 Å². The molecule has 0 aromatic carbocycles. The Morgan fingerprint density at radius 1 is 1.33 bits per heavy atom. The lowest BCUT2D eigenvalue weighted by Crippen LogP contribution is -2.20. The fraction of sp³-hybridized carbons (Fsp3) is 0.700. The highest BCUT2D eigenvalue weighted by Gasteiger charge is 2.51. The fourth-order valence-electron chi connectivity index (χ4n) is 1.40. The van der Waals surface area contributed by atoms with Crippen LogP contribution < -0.4 is 10.6 Å². The number of nitrogens with zero attached hydrogens (tertiary/aromatic N) is 3. The monoisotopic (exact) mass is 309 g/mol. The first-order valence-electron chi connectivity index (χ1n) is 5.64. The zero-order chi connectivity index (χ0) is 13.3. The number of rotatable bonds is 5. The van der Waals surface area contributed by atoms with Crippen LogP contribution in [0.15, 0.2) is 0 Å². The Hall–Kier alpha value is -0.520. The number of anilines is 2.